The van der Waals surface area contributed by atoms with E-state index in [0.717, 1.165) is 29.9 Å². The maximum atomic E-state index is 6.10. The second kappa shape index (κ2) is 3.17. The van der Waals surface area contributed by atoms with Gasteiger partial charge < -0.3 is 15.2 Å². The average molecular weight is 193 g/mol. The highest BCUT2D eigenvalue weighted by Gasteiger charge is 2.40. The van der Waals surface area contributed by atoms with Gasteiger partial charge in [-0.3, -0.25) is 0 Å². The zero-order valence-corrected chi connectivity index (χ0v) is 8.54. The Morgan fingerprint density at radius 1 is 1.07 bits per heavy atom. The number of methoxy groups -OCH3 is 2. The third-order valence-electron chi connectivity index (χ3n) is 2.72. The first kappa shape index (κ1) is 9.34. The fourth-order valence-electron chi connectivity index (χ4n) is 1.52. The first-order valence-corrected chi connectivity index (χ1v) is 4.70. The van der Waals surface area contributed by atoms with Crippen molar-refractivity contribution in [3.05, 3.63) is 23.8 Å². The lowest BCUT2D eigenvalue weighted by atomic mass is 10.1. The number of ether oxygens (including phenoxy) is 2. The normalized spacial score (nSPS) is 17.6. The zero-order valence-electron chi connectivity index (χ0n) is 8.54. The van der Waals surface area contributed by atoms with Crippen molar-refractivity contribution < 1.29 is 9.47 Å². The summed E-state index contributed by atoms with van der Waals surface area (Å²) in [6.45, 7) is 0. The molecule has 0 atom stereocenters. The van der Waals surface area contributed by atoms with E-state index >= 15 is 0 Å². The molecule has 0 amide bonds. The first-order chi connectivity index (χ1) is 6.68. The van der Waals surface area contributed by atoms with Gasteiger partial charge in [0.2, 0.25) is 0 Å². The summed E-state index contributed by atoms with van der Waals surface area (Å²) in [4.78, 5) is 0. The summed E-state index contributed by atoms with van der Waals surface area (Å²) in [6.07, 6.45) is 2.09. The smallest absolute Gasteiger partial charge is 0.122 e. The number of hydrogen-bond acceptors (Lipinski definition) is 3. The molecule has 1 aromatic rings. The fourth-order valence-corrected chi connectivity index (χ4v) is 1.52. The van der Waals surface area contributed by atoms with Crippen molar-refractivity contribution in [3.63, 3.8) is 0 Å². The molecular weight excluding hydrogens is 178 g/mol. The lowest BCUT2D eigenvalue weighted by Crippen LogP contribution is -2.18. The van der Waals surface area contributed by atoms with Crippen LogP contribution in [0.3, 0.4) is 0 Å². The highest BCUT2D eigenvalue weighted by atomic mass is 16.5. The Bertz CT molecular complexity index is 323. The molecule has 1 aromatic carbocycles. The lowest BCUT2D eigenvalue weighted by molar-refractivity contribution is 0.392. The van der Waals surface area contributed by atoms with Gasteiger partial charge in [-0.1, -0.05) is 0 Å². The second-order valence-corrected chi connectivity index (χ2v) is 3.76. The summed E-state index contributed by atoms with van der Waals surface area (Å²) in [5, 5.41) is 0. The lowest BCUT2D eigenvalue weighted by Gasteiger charge is -2.12. The molecule has 1 aliphatic carbocycles. The van der Waals surface area contributed by atoms with E-state index in [2.05, 4.69) is 0 Å². The Balaban J connectivity index is 2.39. The van der Waals surface area contributed by atoms with Crippen molar-refractivity contribution in [2.75, 3.05) is 14.2 Å². The number of benzene rings is 1. The van der Waals surface area contributed by atoms with Crippen LogP contribution in [0.15, 0.2) is 18.2 Å². The van der Waals surface area contributed by atoms with Crippen LogP contribution in [-0.4, -0.2) is 14.2 Å². The van der Waals surface area contributed by atoms with Crippen molar-refractivity contribution in [1.82, 2.24) is 0 Å². The van der Waals surface area contributed by atoms with Gasteiger partial charge in [-0.15, -0.1) is 0 Å². The van der Waals surface area contributed by atoms with Gasteiger partial charge in [-0.25, -0.2) is 0 Å². The van der Waals surface area contributed by atoms with E-state index in [9.17, 15) is 0 Å². The molecular formula is C11H15NO2. The van der Waals surface area contributed by atoms with Crippen LogP contribution in [-0.2, 0) is 5.54 Å². The molecule has 1 fully saturated rings. The van der Waals surface area contributed by atoms with Crippen LogP contribution in [0.5, 0.6) is 11.5 Å². The van der Waals surface area contributed by atoms with Crippen molar-refractivity contribution in [2.45, 2.75) is 18.4 Å². The minimum Gasteiger partial charge on any atom is -0.497 e. The molecule has 1 saturated carbocycles. The van der Waals surface area contributed by atoms with Crippen LogP contribution in [0.25, 0.3) is 0 Å². The highest BCUT2D eigenvalue weighted by Crippen LogP contribution is 2.44. The van der Waals surface area contributed by atoms with Crippen molar-refractivity contribution >= 4 is 0 Å². The van der Waals surface area contributed by atoms with Gasteiger partial charge in [-0.05, 0) is 30.5 Å². The minimum atomic E-state index is -0.137. The number of rotatable bonds is 3. The number of nitrogens with two attached hydrogens (primary N) is 1. The summed E-state index contributed by atoms with van der Waals surface area (Å²) in [5.74, 6) is 1.60. The van der Waals surface area contributed by atoms with Crippen LogP contribution >= 0.6 is 0 Å². The maximum absolute atomic E-state index is 6.10. The van der Waals surface area contributed by atoms with Crippen LogP contribution in [0.1, 0.15) is 18.4 Å². The van der Waals surface area contributed by atoms with E-state index in [-0.39, 0.29) is 5.54 Å². The Hall–Kier alpha value is -1.22. The summed E-state index contributed by atoms with van der Waals surface area (Å²) in [5.41, 5.74) is 7.07. The van der Waals surface area contributed by atoms with Gasteiger partial charge in [0.15, 0.2) is 0 Å². The molecule has 14 heavy (non-hydrogen) atoms. The monoisotopic (exact) mass is 193 g/mol. The maximum Gasteiger partial charge on any atom is 0.122 e. The molecule has 0 heterocycles. The van der Waals surface area contributed by atoms with E-state index in [4.69, 9.17) is 15.2 Å². The Morgan fingerprint density at radius 3 is 1.93 bits per heavy atom. The first-order valence-electron chi connectivity index (χ1n) is 4.70. The summed E-state index contributed by atoms with van der Waals surface area (Å²) in [7, 11) is 3.29. The molecule has 0 radical (unpaired) electrons. The zero-order chi connectivity index (χ0) is 10.2. The molecule has 0 aromatic heterocycles. The van der Waals surface area contributed by atoms with Crippen molar-refractivity contribution in [1.29, 1.82) is 0 Å². The van der Waals surface area contributed by atoms with E-state index in [1.54, 1.807) is 14.2 Å². The largest absolute Gasteiger partial charge is 0.497 e. The molecule has 0 bridgehead atoms. The molecule has 2 rings (SSSR count). The molecule has 0 aliphatic heterocycles. The van der Waals surface area contributed by atoms with E-state index in [1.165, 1.54) is 0 Å². The summed E-state index contributed by atoms with van der Waals surface area (Å²) < 4.78 is 10.4. The van der Waals surface area contributed by atoms with Crippen LogP contribution in [0.2, 0.25) is 0 Å². The molecule has 0 spiro atoms. The summed E-state index contributed by atoms with van der Waals surface area (Å²) >= 11 is 0. The van der Waals surface area contributed by atoms with Gasteiger partial charge in [0.05, 0.1) is 14.2 Å². The third-order valence-corrected chi connectivity index (χ3v) is 2.72. The van der Waals surface area contributed by atoms with Gasteiger partial charge in [0, 0.05) is 11.6 Å². The van der Waals surface area contributed by atoms with E-state index in [0.29, 0.717) is 0 Å². The number of hydrogen-bond donors (Lipinski definition) is 1. The molecule has 0 unspecified atom stereocenters. The molecule has 76 valence electrons. The van der Waals surface area contributed by atoms with Gasteiger partial charge in [-0.2, -0.15) is 0 Å². The van der Waals surface area contributed by atoms with Crippen LogP contribution in [0, 0.1) is 0 Å². The fraction of sp³-hybridized carbons (Fsp3) is 0.455. The molecule has 2 N–H and O–H groups in total. The molecule has 0 saturated heterocycles. The van der Waals surface area contributed by atoms with Crippen molar-refractivity contribution in [3.8, 4) is 11.5 Å². The van der Waals surface area contributed by atoms with Crippen molar-refractivity contribution in [2.24, 2.45) is 5.73 Å². The Morgan fingerprint density at radius 2 is 1.57 bits per heavy atom. The van der Waals surface area contributed by atoms with E-state index in [1.807, 2.05) is 18.2 Å². The highest BCUT2D eigenvalue weighted by molar-refractivity contribution is 5.43. The molecule has 3 heteroatoms. The molecule has 1 aliphatic rings. The van der Waals surface area contributed by atoms with E-state index < -0.39 is 0 Å². The minimum absolute atomic E-state index is 0.137. The third kappa shape index (κ3) is 1.55. The standard InChI is InChI=1S/C11H15NO2/c1-13-9-5-8(11(12)3-4-11)6-10(7-9)14-2/h5-7H,3-4,12H2,1-2H3. The Kier molecular flexibility index (Phi) is 2.11. The van der Waals surface area contributed by atoms with Gasteiger partial charge >= 0.3 is 0 Å². The second-order valence-electron chi connectivity index (χ2n) is 3.76. The quantitative estimate of drug-likeness (QED) is 0.793. The average Bonchev–Trinajstić information content (AvgIpc) is 2.97. The topological polar surface area (TPSA) is 44.5 Å². The van der Waals surface area contributed by atoms with Gasteiger partial charge in [0.25, 0.3) is 0 Å². The molecule has 3 nitrogen and oxygen atoms in total. The predicted octanol–water partition coefficient (Wildman–Crippen LogP) is 1.65. The van der Waals surface area contributed by atoms with Crippen LogP contribution < -0.4 is 15.2 Å². The summed E-state index contributed by atoms with van der Waals surface area (Å²) in [6, 6.07) is 5.82. The SMILES string of the molecule is COc1cc(OC)cc(C2(N)CC2)c1. The van der Waals surface area contributed by atoms with Gasteiger partial charge in [0.1, 0.15) is 11.5 Å². The Labute approximate surface area is 83.8 Å². The van der Waals surface area contributed by atoms with Crippen LogP contribution in [0.4, 0.5) is 0 Å². The predicted molar refractivity (Wildman–Crippen MR) is 54.6 cm³/mol.